The fraction of sp³-hybridized carbons (Fsp3) is 0.154. The Bertz CT molecular complexity index is 1320. The number of para-hydroxylation sites is 1. The van der Waals surface area contributed by atoms with Crippen molar-refractivity contribution in [3.8, 4) is 0 Å². The fourth-order valence-corrected chi connectivity index (χ4v) is 4.12. The highest BCUT2D eigenvalue weighted by atomic mass is 16.3. The number of fused-ring (bicyclic) bond motifs is 2. The standard InChI is InChI=1S/C26H21NO3/c1-16-7-11-18(12-8-16)15-27-23(19-13-9-17(2)10-14-19)22-24(28)20-5-3-4-6-21(20)30-25(22)26(27)29/h3-14,23H,15H2,1-2H3/t23-/m1/s1. The first-order valence-electron chi connectivity index (χ1n) is 10.0. The number of carbonyl (C=O) groups is 1. The molecule has 0 unspecified atom stereocenters. The summed E-state index contributed by atoms with van der Waals surface area (Å²) in [5, 5.41) is 0.498. The molecule has 1 aliphatic rings. The van der Waals surface area contributed by atoms with E-state index in [9.17, 15) is 9.59 Å². The van der Waals surface area contributed by atoms with Gasteiger partial charge >= 0.3 is 0 Å². The minimum atomic E-state index is -0.477. The van der Waals surface area contributed by atoms with E-state index in [4.69, 9.17) is 4.42 Å². The van der Waals surface area contributed by atoms with Crippen LogP contribution in [0.25, 0.3) is 11.0 Å². The van der Waals surface area contributed by atoms with Gasteiger partial charge in [-0.2, -0.15) is 0 Å². The lowest BCUT2D eigenvalue weighted by molar-refractivity contribution is 0.0714. The second-order valence-corrected chi connectivity index (χ2v) is 7.90. The maximum Gasteiger partial charge on any atom is 0.291 e. The lowest BCUT2D eigenvalue weighted by Crippen LogP contribution is -2.29. The Balaban J connectivity index is 1.71. The number of benzene rings is 3. The first-order valence-corrected chi connectivity index (χ1v) is 10.0. The molecule has 1 aromatic heterocycles. The molecule has 0 saturated heterocycles. The second-order valence-electron chi connectivity index (χ2n) is 7.90. The normalized spacial score (nSPS) is 15.6. The minimum absolute atomic E-state index is 0.141. The number of rotatable bonds is 3. The quantitative estimate of drug-likeness (QED) is 0.482. The van der Waals surface area contributed by atoms with Crippen molar-refractivity contribution in [2.24, 2.45) is 0 Å². The number of hydrogen-bond acceptors (Lipinski definition) is 3. The zero-order chi connectivity index (χ0) is 20.8. The molecule has 1 atom stereocenters. The summed E-state index contributed by atoms with van der Waals surface area (Å²) in [5.41, 5.74) is 4.92. The topological polar surface area (TPSA) is 50.5 Å². The highest BCUT2D eigenvalue weighted by Crippen LogP contribution is 2.39. The molecular weight excluding hydrogens is 374 g/mol. The average molecular weight is 395 g/mol. The van der Waals surface area contributed by atoms with Crippen molar-refractivity contribution in [2.45, 2.75) is 26.4 Å². The number of carbonyl (C=O) groups excluding carboxylic acids is 1. The van der Waals surface area contributed by atoms with Gasteiger partial charge in [0.25, 0.3) is 5.91 Å². The molecule has 4 nitrogen and oxygen atoms in total. The highest BCUT2D eigenvalue weighted by Gasteiger charge is 2.42. The zero-order valence-electron chi connectivity index (χ0n) is 16.9. The third-order valence-electron chi connectivity index (χ3n) is 5.74. The molecule has 30 heavy (non-hydrogen) atoms. The van der Waals surface area contributed by atoms with Crippen molar-refractivity contribution in [3.63, 3.8) is 0 Å². The van der Waals surface area contributed by atoms with Gasteiger partial charge in [-0.25, -0.2) is 0 Å². The van der Waals surface area contributed by atoms with Crippen molar-refractivity contribution in [2.75, 3.05) is 0 Å². The van der Waals surface area contributed by atoms with E-state index >= 15 is 0 Å². The Morgan fingerprint density at radius 2 is 1.47 bits per heavy atom. The molecule has 0 fully saturated rings. The van der Waals surface area contributed by atoms with Crippen LogP contribution < -0.4 is 5.43 Å². The van der Waals surface area contributed by atoms with Crippen LogP contribution in [0.15, 0.2) is 82.0 Å². The summed E-state index contributed by atoms with van der Waals surface area (Å²) in [6.07, 6.45) is 0. The van der Waals surface area contributed by atoms with Gasteiger partial charge in [0.1, 0.15) is 5.58 Å². The van der Waals surface area contributed by atoms with Crippen molar-refractivity contribution in [1.29, 1.82) is 0 Å². The molecule has 0 N–H and O–H groups in total. The predicted molar refractivity (Wildman–Crippen MR) is 117 cm³/mol. The van der Waals surface area contributed by atoms with Gasteiger partial charge in [-0.05, 0) is 37.1 Å². The molecule has 0 aliphatic carbocycles. The van der Waals surface area contributed by atoms with E-state index in [0.29, 0.717) is 23.1 Å². The third-order valence-corrected chi connectivity index (χ3v) is 5.74. The lowest BCUT2D eigenvalue weighted by atomic mass is 9.97. The van der Waals surface area contributed by atoms with Crippen LogP contribution in [0.3, 0.4) is 0 Å². The Hall–Kier alpha value is -3.66. The SMILES string of the molecule is Cc1ccc(CN2C(=O)c3oc4ccccc4c(=O)c3[C@H]2c2ccc(C)cc2)cc1. The van der Waals surface area contributed by atoms with Crippen molar-refractivity contribution >= 4 is 16.9 Å². The smallest absolute Gasteiger partial charge is 0.291 e. The average Bonchev–Trinajstić information content (AvgIpc) is 3.03. The molecular formula is C26H21NO3. The van der Waals surface area contributed by atoms with Crippen LogP contribution in [0.2, 0.25) is 0 Å². The van der Waals surface area contributed by atoms with Crippen LogP contribution >= 0.6 is 0 Å². The van der Waals surface area contributed by atoms with Gasteiger partial charge in [-0.3, -0.25) is 9.59 Å². The molecule has 4 aromatic rings. The molecule has 3 aromatic carbocycles. The van der Waals surface area contributed by atoms with Crippen LogP contribution in [0.5, 0.6) is 0 Å². The second kappa shape index (κ2) is 6.99. The van der Waals surface area contributed by atoms with Gasteiger partial charge in [0.15, 0.2) is 5.43 Å². The minimum Gasteiger partial charge on any atom is -0.450 e. The summed E-state index contributed by atoms with van der Waals surface area (Å²) >= 11 is 0. The summed E-state index contributed by atoms with van der Waals surface area (Å²) in [6, 6.07) is 22.7. The van der Waals surface area contributed by atoms with Crippen LogP contribution in [-0.4, -0.2) is 10.8 Å². The number of aryl methyl sites for hydroxylation is 2. The molecule has 148 valence electrons. The van der Waals surface area contributed by atoms with E-state index in [-0.39, 0.29) is 17.1 Å². The molecule has 0 spiro atoms. The van der Waals surface area contributed by atoms with Crippen LogP contribution in [0.4, 0.5) is 0 Å². The first-order chi connectivity index (χ1) is 14.5. The van der Waals surface area contributed by atoms with Gasteiger partial charge in [0, 0.05) is 6.54 Å². The molecule has 5 rings (SSSR count). The Labute approximate surface area is 174 Å². The fourth-order valence-electron chi connectivity index (χ4n) is 4.12. The first kappa shape index (κ1) is 18.4. The van der Waals surface area contributed by atoms with Crippen LogP contribution in [0, 0.1) is 13.8 Å². The van der Waals surface area contributed by atoms with E-state index < -0.39 is 6.04 Å². The van der Waals surface area contributed by atoms with E-state index in [1.165, 1.54) is 0 Å². The summed E-state index contributed by atoms with van der Waals surface area (Å²) in [6.45, 7) is 4.45. The largest absolute Gasteiger partial charge is 0.450 e. The number of amides is 1. The Morgan fingerprint density at radius 1 is 0.833 bits per heavy atom. The summed E-state index contributed by atoms with van der Waals surface area (Å²) < 4.78 is 5.97. The number of nitrogens with zero attached hydrogens (tertiary/aromatic N) is 1. The maximum absolute atomic E-state index is 13.4. The molecule has 0 radical (unpaired) electrons. The number of hydrogen-bond donors (Lipinski definition) is 0. The molecule has 1 amide bonds. The Kier molecular flexibility index (Phi) is 4.28. The van der Waals surface area contributed by atoms with E-state index in [0.717, 1.165) is 22.3 Å². The van der Waals surface area contributed by atoms with Gasteiger partial charge in [-0.15, -0.1) is 0 Å². The lowest BCUT2D eigenvalue weighted by Gasteiger charge is -2.25. The van der Waals surface area contributed by atoms with Crippen molar-refractivity contribution in [1.82, 2.24) is 4.90 Å². The van der Waals surface area contributed by atoms with Crippen molar-refractivity contribution in [3.05, 3.63) is 117 Å². The van der Waals surface area contributed by atoms with Gasteiger partial charge in [-0.1, -0.05) is 71.8 Å². The molecule has 0 bridgehead atoms. The third kappa shape index (κ3) is 2.92. The van der Waals surface area contributed by atoms with Gasteiger partial charge < -0.3 is 9.32 Å². The molecule has 0 saturated carbocycles. The monoisotopic (exact) mass is 395 g/mol. The van der Waals surface area contributed by atoms with Crippen LogP contribution in [0.1, 0.15) is 44.4 Å². The summed E-state index contributed by atoms with van der Waals surface area (Å²) in [5.74, 6) is -0.101. The van der Waals surface area contributed by atoms with E-state index in [2.05, 4.69) is 0 Å². The maximum atomic E-state index is 13.4. The molecule has 2 heterocycles. The molecule has 1 aliphatic heterocycles. The van der Waals surface area contributed by atoms with Crippen LogP contribution in [-0.2, 0) is 6.54 Å². The zero-order valence-corrected chi connectivity index (χ0v) is 16.9. The van der Waals surface area contributed by atoms with Crippen molar-refractivity contribution < 1.29 is 9.21 Å². The summed E-state index contributed by atoms with van der Waals surface area (Å²) in [7, 11) is 0. The van der Waals surface area contributed by atoms with Gasteiger partial charge in [0.05, 0.1) is 17.0 Å². The predicted octanol–water partition coefficient (Wildman–Crippen LogP) is 5.16. The van der Waals surface area contributed by atoms with Gasteiger partial charge in [0.2, 0.25) is 5.76 Å². The Morgan fingerprint density at radius 3 is 2.17 bits per heavy atom. The summed E-state index contributed by atoms with van der Waals surface area (Å²) in [4.78, 5) is 28.6. The van der Waals surface area contributed by atoms with E-state index in [1.54, 1.807) is 23.1 Å². The van der Waals surface area contributed by atoms with E-state index in [1.807, 2.05) is 68.4 Å². The molecule has 4 heteroatoms. The highest BCUT2D eigenvalue weighted by molar-refractivity contribution is 5.99.